The van der Waals surface area contributed by atoms with Gasteiger partial charge in [0.1, 0.15) is 0 Å². The van der Waals surface area contributed by atoms with Crippen LogP contribution < -0.4 is 5.73 Å². The van der Waals surface area contributed by atoms with Gasteiger partial charge < -0.3 is 5.73 Å². The molecular formula is C16H13NO. The second kappa shape index (κ2) is 3.84. The zero-order chi connectivity index (χ0) is 12.7. The molecular weight excluding hydrogens is 222 g/mol. The molecule has 0 atom stereocenters. The lowest BCUT2D eigenvalue weighted by atomic mass is 9.96. The first-order valence-electron chi connectivity index (χ1n) is 5.89. The van der Waals surface area contributed by atoms with E-state index in [0.717, 1.165) is 16.2 Å². The molecule has 2 N–H and O–H groups in total. The monoisotopic (exact) mass is 235 g/mol. The number of fused-ring (bicyclic) bond motifs is 3. The van der Waals surface area contributed by atoms with Gasteiger partial charge in [-0.2, -0.15) is 0 Å². The highest BCUT2D eigenvalue weighted by Crippen LogP contribution is 2.28. The Morgan fingerprint density at radius 3 is 2.39 bits per heavy atom. The van der Waals surface area contributed by atoms with Crippen LogP contribution in [0.25, 0.3) is 21.5 Å². The predicted molar refractivity (Wildman–Crippen MR) is 74.7 cm³/mol. The smallest absolute Gasteiger partial charge is 0.248 e. The van der Waals surface area contributed by atoms with Crippen LogP contribution in [-0.4, -0.2) is 5.91 Å². The maximum Gasteiger partial charge on any atom is 0.248 e. The van der Waals surface area contributed by atoms with Crippen molar-refractivity contribution in [2.45, 2.75) is 6.92 Å². The summed E-state index contributed by atoms with van der Waals surface area (Å²) in [5, 5.41) is 4.59. The van der Waals surface area contributed by atoms with E-state index < -0.39 is 0 Å². The molecule has 3 rings (SSSR count). The van der Waals surface area contributed by atoms with E-state index in [1.807, 2.05) is 24.3 Å². The Bertz CT molecular complexity index is 774. The van der Waals surface area contributed by atoms with Crippen LogP contribution in [0.1, 0.15) is 15.9 Å². The van der Waals surface area contributed by atoms with Crippen LogP contribution in [0, 0.1) is 6.92 Å². The van der Waals surface area contributed by atoms with Crippen molar-refractivity contribution in [3.63, 3.8) is 0 Å². The lowest BCUT2D eigenvalue weighted by molar-refractivity contribution is 0.100. The van der Waals surface area contributed by atoms with Crippen LogP contribution in [0.3, 0.4) is 0 Å². The lowest BCUT2D eigenvalue weighted by Crippen LogP contribution is -2.10. The number of benzene rings is 3. The third kappa shape index (κ3) is 1.54. The maximum absolute atomic E-state index is 11.3. The number of carbonyl (C=O) groups excluding carboxylic acids is 1. The normalized spacial score (nSPS) is 10.9. The molecule has 0 saturated heterocycles. The molecule has 3 aromatic carbocycles. The standard InChI is InChI=1S/C16H13NO/c1-10-8-11-6-7-12(16(17)18)9-15(11)14-5-3-2-4-13(10)14/h2-9H,1H3,(H2,17,18). The Morgan fingerprint density at radius 2 is 1.67 bits per heavy atom. The lowest BCUT2D eigenvalue weighted by Gasteiger charge is -2.08. The summed E-state index contributed by atoms with van der Waals surface area (Å²) >= 11 is 0. The van der Waals surface area contributed by atoms with Gasteiger partial charge in [-0.05, 0) is 46.2 Å². The molecule has 0 fully saturated rings. The van der Waals surface area contributed by atoms with Crippen molar-refractivity contribution in [2.24, 2.45) is 5.73 Å². The minimum atomic E-state index is -0.387. The van der Waals surface area contributed by atoms with Gasteiger partial charge in [0.05, 0.1) is 0 Å². The summed E-state index contributed by atoms with van der Waals surface area (Å²) < 4.78 is 0. The zero-order valence-corrected chi connectivity index (χ0v) is 10.1. The van der Waals surface area contributed by atoms with Gasteiger partial charge in [-0.1, -0.05) is 36.4 Å². The van der Waals surface area contributed by atoms with Crippen molar-refractivity contribution >= 4 is 27.5 Å². The molecule has 1 amide bonds. The Kier molecular flexibility index (Phi) is 2.30. The van der Waals surface area contributed by atoms with Crippen molar-refractivity contribution < 1.29 is 4.79 Å². The first kappa shape index (κ1) is 10.8. The highest BCUT2D eigenvalue weighted by atomic mass is 16.1. The largest absolute Gasteiger partial charge is 0.366 e. The molecule has 0 bridgehead atoms. The second-order valence-electron chi connectivity index (χ2n) is 4.54. The minimum Gasteiger partial charge on any atom is -0.366 e. The molecule has 0 aliphatic rings. The van der Waals surface area contributed by atoms with E-state index in [9.17, 15) is 4.79 Å². The fourth-order valence-corrected chi connectivity index (χ4v) is 2.44. The zero-order valence-electron chi connectivity index (χ0n) is 10.1. The summed E-state index contributed by atoms with van der Waals surface area (Å²) in [5.41, 5.74) is 7.13. The summed E-state index contributed by atoms with van der Waals surface area (Å²) in [6.07, 6.45) is 0. The molecule has 0 heterocycles. The van der Waals surface area contributed by atoms with E-state index in [0.29, 0.717) is 5.56 Å². The topological polar surface area (TPSA) is 43.1 Å². The van der Waals surface area contributed by atoms with Crippen LogP contribution in [-0.2, 0) is 0 Å². The van der Waals surface area contributed by atoms with Crippen molar-refractivity contribution in [1.29, 1.82) is 0 Å². The number of carbonyl (C=O) groups is 1. The Hall–Kier alpha value is -2.35. The molecule has 88 valence electrons. The summed E-state index contributed by atoms with van der Waals surface area (Å²) in [4.78, 5) is 11.3. The summed E-state index contributed by atoms with van der Waals surface area (Å²) in [7, 11) is 0. The molecule has 0 saturated carbocycles. The fourth-order valence-electron chi connectivity index (χ4n) is 2.44. The van der Waals surface area contributed by atoms with Crippen molar-refractivity contribution in [2.75, 3.05) is 0 Å². The molecule has 0 aliphatic carbocycles. The molecule has 0 aliphatic heterocycles. The molecule has 0 unspecified atom stereocenters. The Labute approximate surface area is 105 Å². The van der Waals surface area contributed by atoms with E-state index in [1.165, 1.54) is 10.9 Å². The second-order valence-corrected chi connectivity index (χ2v) is 4.54. The minimum absolute atomic E-state index is 0.387. The first-order valence-corrected chi connectivity index (χ1v) is 5.89. The van der Waals surface area contributed by atoms with Gasteiger partial charge >= 0.3 is 0 Å². The third-order valence-corrected chi connectivity index (χ3v) is 3.35. The van der Waals surface area contributed by atoms with Gasteiger partial charge in [0.15, 0.2) is 0 Å². The van der Waals surface area contributed by atoms with Crippen molar-refractivity contribution in [1.82, 2.24) is 0 Å². The first-order chi connectivity index (χ1) is 8.66. The van der Waals surface area contributed by atoms with Crippen molar-refractivity contribution in [3.05, 3.63) is 59.7 Å². The number of hydrogen-bond donors (Lipinski definition) is 1. The summed E-state index contributed by atoms with van der Waals surface area (Å²) in [6, 6.07) is 16.0. The van der Waals surface area contributed by atoms with Crippen LogP contribution in [0.5, 0.6) is 0 Å². The van der Waals surface area contributed by atoms with Crippen LogP contribution in [0.15, 0.2) is 48.5 Å². The Balaban J connectivity index is 2.50. The summed E-state index contributed by atoms with van der Waals surface area (Å²) in [5.74, 6) is -0.387. The average Bonchev–Trinajstić information content (AvgIpc) is 2.38. The van der Waals surface area contributed by atoms with E-state index in [1.54, 1.807) is 6.07 Å². The number of aryl methyl sites for hydroxylation is 1. The highest BCUT2D eigenvalue weighted by Gasteiger charge is 2.06. The van der Waals surface area contributed by atoms with Crippen LogP contribution >= 0.6 is 0 Å². The summed E-state index contributed by atoms with van der Waals surface area (Å²) in [6.45, 7) is 2.10. The number of hydrogen-bond acceptors (Lipinski definition) is 1. The molecule has 2 heteroatoms. The number of primary amides is 1. The van der Waals surface area contributed by atoms with Crippen LogP contribution in [0.4, 0.5) is 0 Å². The highest BCUT2D eigenvalue weighted by molar-refractivity contribution is 6.11. The molecule has 2 nitrogen and oxygen atoms in total. The molecule has 0 spiro atoms. The quantitative estimate of drug-likeness (QED) is 0.645. The SMILES string of the molecule is Cc1cc2ccc(C(N)=O)cc2c2ccccc12. The molecule has 18 heavy (non-hydrogen) atoms. The molecule has 0 aromatic heterocycles. The van der Waals surface area contributed by atoms with Gasteiger partial charge in [0.25, 0.3) is 0 Å². The number of rotatable bonds is 1. The van der Waals surface area contributed by atoms with E-state index in [2.05, 4.69) is 25.1 Å². The fraction of sp³-hybridized carbons (Fsp3) is 0.0625. The van der Waals surface area contributed by atoms with E-state index in [-0.39, 0.29) is 5.91 Å². The number of amides is 1. The van der Waals surface area contributed by atoms with E-state index >= 15 is 0 Å². The van der Waals surface area contributed by atoms with Gasteiger partial charge in [0, 0.05) is 5.56 Å². The number of nitrogens with two attached hydrogens (primary N) is 1. The van der Waals surface area contributed by atoms with Crippen molar-refractivity contribution in [3.8, 4) is 0 Å². The Morgan fingerprint density at radius 1 is 0.944 bits per heavy atom. The average molecular weight is 235 g/mol. The van der Waals surface area contributed by atoms with Gasteiger partial charge in [-0.25, -0.2) is 0 Å². The predicted octanol–water partition coefficient (Wildman–Crippen LogP) is 3.40. The van der Waals surface area contributed by atoms with Gasteiger partial charge in [-0.3, -0.25) is 4.79 Å². The van der Waals surface area contributed by atoms with E-state index in [4.69, 9.17) is 5.73 Å². The van der Waals surface area contributed by atoms with Gasteiger partial charge in [0.2, 0.25) is 5.91 Å². The maximum atomic E-state index is 11.3. The third-order valence-electron chi connectivity index (χ3n) is 3.35. The van der Waals surface area contributed by atoms with Crippen LogP contribution in [0.2, 0.25) is 0 Å². The molecule has 3 aromatic rings. The van der Waals surface area contributed by atoms with Gasteiger partial charge in [-0.15, -0.1) is 0 Å². The molecule has 0 radical (unpaired) electrons.